The molecular formula is C9H6ClNOS. The van der Waals surface area contributed by atoms with Crippen molar-refractivity contribution in [2.45, 2.75) is 0 Å². The van der Waals surface area contributed by atoms with Gasteiger partial charge in [0.25, 0.3) is 0 Å². The second-order valence-electron chi connectivity index (χ2n) is 2.63. The van der Waals surface area contributed by atoms with Crippen LogP contribution in [0.1, 0.15) is 10.4 Å². The highest BCUT2D eigenvalue weighted by atomic mass is 35.5. The van der Waals surface area contributed by atoms with Gasteiger partial charge in [-0.25, -0.2) is 0 Å². The molecule has 0 bridgehead atoms. The Bertz CT molecular complexity index is 478. The summed E-state index contributed by atoms with van der Waals surface area (Å²) < 4.78 is 1.39. The summed E-state index contributed by atoms with van der Waals surface area (Å²) in [5.41, 5.74) is 6.93. The van der Waals surface area contributed by atoms with Crippen molar-refractivity contribution in [1.29, 1.82) is 0 Å². The van der Waals surface area contributed by atoms with Crippen LogP contribution in [0.25, 0.3) is 10.1 Å². The van der Waals surface area contributed by atoms with E-state index in [9.17, 15) is 4.79 Å². The third-order valence-corrected chi connectivity index (χ3v) is 3.35. The first-order valence-corrected chi connectivity index (χ1v) is 4.85. The Balaban J connectivity index is 2.93. The van der Waals surface area contributed by atoms with Gasteiger partial charge in [-0.1, -0.05) is 23.7 Å². The van der Waals surface area contributed by atoms with Crippen molar-refractivity contribution in [2.24, 2.45) is 0 Å². The highest BCUT2D eigenvalue weighted by Gasteiger charge is 2.10. The van der Waals surface area contributed by atoms with E-state index in [0.29, 0.717) is 15.6 Å². The van der Waals surface area contributed by atoms with Crippen molar-refractivity contribution < 1.29 is 4.79 Å². The standard InChI is InChI=1S/C9H6ClNOS/c10-9-6(4-12)5-2-1-3-7(11)8(5)13-9/h1-4H,11H2. The first kappa shape index (κ1) is 8.53. The maximum Gasteiger partial charge on any atom is 0.153 e. The average molecular weight is 212 g/mol. The highest BCUT2D eigenvalue weighted by Crippen LogP contribution is 2.36. The van der Waals surface area contributed by atoms with Gasteiger partial charge < -0.3 is 5.73 Å². The molecule has 4 heteroatoms. The second-order valence-corrected chi connectivity index (χ2v) is 4.25. The average Bonchev–Trinajstić information content (AvgIpc) is 2.43. The molecule has 0 saturated heterocycles. The molecule has 0 unspecified atom stereocenters. The first-order chi connectivity index (χ1) is 6.24. The van der Waals surface area contributed by atoms with Crippen molar-refractivity contribution in [3.8, 4) is 0 Å². The zero-order valence-electron chi connectivity index (χ0n) is 6.58. The summed E-state index contributed by atoms with van der Waals surface area (Å²) in [5.74, 6) is 0. The van der Waals surface area contributed by atoms with E-state index in [0.717, 1.165) is 16.4 Å². The molecule has 0 spiro atoms. The van der Waals surface area contributed by atoms with E-state index in [1.165, 1.54) is 11.3 Å². The number of carbonyl (C=O) groups excluding carboxylic acids is 1. The molecule has 1 heterocycles. The number of nitrogens with two attached hydrogens (primary N) is 1. The fraction of sp³-hybridized carbons (Fsp3) is 0. The number of carbonyl (C=O) groups is 1. The number of fused-ring (bicyclic) bond motifs is 1. The van der Waals surface area contributed by atoms with Crippen LogP contribution in [0.2, 0.25) is 4.34 Å². The summed E-state index contributed by atoms with van der Waals surface area (Å²) in [6.45, 7) is 0. The van der Waals surface area contributed by atoms with Gasteiger partial charge in [-0.05, 0) is 6.07 Å². The summed E-state index contributed by atoms with van der Waals surface area (Å²) in [6, 6.07) is 5.45. The number of aldehydes is 1. The van der Waals surface area contributed by atoms with E-state index in [1.807, 2.05) is 12.1 Å². The minimum Gasteiger partial charge on any atom is -0.398 e. The minimum absolute atomic E-state index is 0.503. The van der Waals surface area contributed by atoms with Crippen LogP contribution in [0.5, 0.6) is 0 Å². The lowest BCUT2D eigenvalue weighted by atomic mass is 10.2. The van der Waals surface area contributed by atoms with Gasteiger partial charge >= 0.3 is 0 Å². The molecule has 2 nitrogen and oxygen atoms in total. The van der Waals surface area contributed by atoms with E-state index in [4.69, 9.17) is 17.3 Å². The van der Waals surface area contributed by atoms with Crippen LogP contribution in [-0.2, 0) is 0 Å². The van der Waals surface area contributed by atoms with Gasteiger partial charge in [0.15, 0.2) is 6.29 Å². The largest absolute Gasteiger partial charge is 0.398 e. The number of thiophene rings is 1. The molecule has 13 heavy (non-hydrogen) atoms. The number of hydrogen-bond acceptors (Lipinski definition) is 3. The number of halogens is 1. The van der Waals surface area contributed by atoms with Gasteiger partial charge in [-0.3, -0.25) is 4.79 Å². The van der Waals surface area contributed by atoms with E-state index < -0.39 is 0 Å². The molecule has 2 N–H and O–H groups in total. The van der Waals surface area contributed by atoms with E-state index in [-0.39, 0.29) is 0 Å². The van der Waals surface area contributed by atoms with Crippen LogP contribution in [0.4, 0.5) is 5.69 Å². The Kier molecular flexibility index (Phi) is 1.98. The first-order valence-electron chi connectivity index (χ1n) is 3.65. The van der Waals surface area contributed by atoms with Crippen molar-refractivity contribution in [3.05, 3.63) is 28.1 Å². The topological polar surface area (TPSA) is 43.1 Å². The lowest BCUT2D eigenvalue weighted by Crippen LogP contribution is -1.83. The Morgan fingerprint density at radius 1 is 1.46 bits per heavy atom. The molecule has 0 aliphatic rings. The molecule has 1 aromatic heterocycles. The van der Waals surface area contributed by atoms with Gasteiger partial charge in [0.1, 0.15) is 4.34 Å². The Morgan fingerprint density at radius 2 is 2.23 bits per heavy atom. The number of benzene rings is 1. The summed E-state index contributed by atoms with van der Waals surface area (Å²) in [6.07, 6.45) is 0.764. The van der Waals surface area contributed by atoms with E-state index >= 15 is 0 Å². The molecule has 1 aromatic carbocycles. The van der Waals surface area contributed by atoms with Crippen molar-refractivity contribution in [3.63, 3.8) is 0 Å². The molecule has 0 radical (unpaired) electrons. The van der Waals surface area contributed by atoms with Crippen LogP contribution in [0.3, 0.4) is 0 Å². The van der Waals surface area contributed by atoms with Crippen LogP contribution in [0, 0.1) is 0 Å². The third-order valence-electron chi connectivity index (χ3n) is 1.86. The number of nitrogen functional groups attached to an aromatic ring is 1. The molecule has 0 aliphatic heterocycles. The van der Waals surface area contributed by atoms with Crippen LogP contribution >= 0.6 is 22.9 Å². The Hall–Kier alpha value is -1.06. The summed E-state index contributed by atoms with van der Waals surface area (Å²) in [7, 11) is 0. The van der Waals surface area contributed by atoms with Crippen molar-refractivity contribution >= 4 is 45.0 Å². The lowest BCUT2D eigenvalue weighted by Gasteiger charge is -1.93. The Labute approximate surface area is 83.9 Å². The zero-order chi connectivity index (χ0) is 9.42. The van der Waals surface area contributed by atoms with Crippen molar-refractivity contribution in [1.82, 2.24) is 0 Å². The van der Waals surface area contributed by atoms with Gasteiger partial charge in [0, 0.05) is 11.1 Å². The monoisotopic (exact) mass is 211 g/mol. The summed E-state index contributed by atoms with van der Waals surface area (Å²) in [4.78, 5) is 10.7. The SMILES string of the molecule is Nc1cccc2c(C=O)c(Cl)sc12. The predicted octanol–water partition coefficient (Wildman–Crippen LogP) is 2.95. The molecule has 0 aliphatic carbocycles. The minimum atomic E-state index is 0.503. The van der Waals surface area contributed by atoms with Gasteiger partial charge in [0.2, 0.25) is 0 Å². The summed E-state index contributed by atoms with van der Waals surface area (Å²) in [5, 5.41) is 0.838. The highest BCUT2D eigenvalue weighted by molar-refractivity contribution is 7.23. The van der Waals surface area contributed by atoms with E-state index in [2.05, 4.69) is 0 Å². The molecule has 2 rings (SSSR count). The van der Waals surface area contributed by atoms with Gasteiger partial charge in [-0.15, -0.1) is 11.3 Å². The lowest BCUT2D eigenvalue weighted by molar-refractivity contribution is 0.112. The van der Waals surface area contributed by atoms with Crippen LogP contribution in [-0.4, -0.2) is 6.29 Å². The maximum atomic E-state index is 10.7. The van der Waals surface area contributed by atoms with Crippen molar-refractivity contribution in [2.75, 3.05) is 5.73 Å². The maximum absolute atomic E-state index is 10.7. The molecule has 0 saturated carbocycles. The molecule has 0 atom stereocenters. The normalized spacial score (nSPS) is 10.5. The summed E-state index contributed by atoms with van der Waals surface area (Å²) >= 11 is 7.21. The zero-order valence-corrected chi connectivity index (χ0v) is 8.15. The van der Waals surface area contributed by atoms with Gasteiger partial charge in [0.05, 0.1) is 10.3 Å². The molecule has 0 fully saturated rings. The fourth-order valence-corrected chi connectivity index (χ4v) is 2.54. The number of hydrogen-bond donors (Lipinski definition) is 1. The molecule has 66 valence electrons. The molecule has 2 aromatic rings. The Morgan fingerprint density at radius 3 is 2.92 bits per heavy atom. The smallest absolute Gasteiger partial charge is 0.153 e. The second kappa shape index (κ2) is 3.01. The number of rotatable bonds is 1. The molecule has 0 amide bonds. The quantitative estimate of drug-likeness (QED) is 0.582. The predicted molar refractivity (Wildman–Crippen MR) is 56.6 cm³/mol. The molecular weight excluding hydrogens is 206 g/mol. The fourth-order valence-electron chi connectivity index (χ4n) is 1.24. The third kappa shape index (κ3) is 1.20. The van der Waals surface area contributed by atoms with Gasteiger partial charge in [-0.2, -0.15) is 0 Å². The van der Waals surface area contributed by atoms with Crippen LogP contribution in [0.15, 0.2) is 18.2 Å². The van der Waals surface area contributed by atoms with E-state index in [1.54, 1.807) is 6.07 Å². The number of anilines is 1. The van der Waals surface area contributed by atoms with Crippen LogP contribution < -0.4 is 5.73 Å².